The van der Waals surface area contributed by atoms with Gasteiger partial charge < -0.3 is 5.11 Å². The maximum atomic E-state index is 12.7. The van der Waals surface area contributed by atoms with Crippen molar-refractivity contribution in [2.75, 3.05) is 0 Å². The van der Waals surface area contributed by atoms with Crippen molar-refractivity contribution in [2.45, 2.75) is 10.9 Å². The molecule has 0 aliphatic heterocycles. The minimum atomic E-state index is -0.606. The summed E-state index contributed by atoms with van der Waals surface area (Å²) in [6, 6.07) is 9.91. The molecule has 0 saturated carbocycles. The van der Waals surface area contributed by atoms with Gasteiger partial charge in [-0.3, -0.25) is 0 Å². The number of halogens is 2. The van der Waals surface area contributed by atoms with E-state index in [9.17, 15) is 9.50 Å². The van der Waals surface area contributed by atoms with Gasteiger partial charge in [-0.05, 0) is 29.1 Å². The summed E-state index contributed by atoms with van der Waals surface area (Å²) in [7, 11) is 0. The lowest BCUT2D eigenvalue weighted by Crippen LogP contribution is -2.03. The van der Waals surface area contributed by atoms with Gasteiger partial charge in [-0.25, -0.2) is 4.39 Å². The molecule has 1 heterocycles. The van der Waals surface area contributed by atoms with E-state index in [2.05, 4.69) is 15.9 Å². The smallest absolute Gasteiger partial charge is 0.123 e. The summed E-state index contributed by atoms with van der Waals surface area (Å²) in [5, 5.41) is 12.0. The molecule has 1 N–H and O–H groups in total. The van der Waals surface area contributed by atoms with E-state index in [4.69, 9.17) is 0 Å². The van der Waals surface area contributed by atoms with Crippen molar-refractivity contribution >= 4 is 27.3 Å². The van der Waals surface area contributed by atoms with E-state index >= 15 is 0 Å². The summed E-state index contributed by atoms with van der Waals surface area (Å²) in [5.41, 5.74) is 0.863. The van der Waals surface area contributed by atoms with E-state index < -0.39 is 6.10 Å². The van der Waals surface area contributed by atoms with E-state index in [1.165, 1.54) is 23.5 Å². The molecule has 2 rings (SSSR count). The molecule has 2 atom stereocenters. The van der Waals surface area contributed by atoms with Crippen molar-refractivity contribution in [3.05, 3.63) is 58.0 Å². The van der Waals surface area contributed by atoms with Crippen molar-refractivity contribution in [1.82, 2.24) is 0 Å². The van der Waals surface area contributed by atoms with Crippen LogP contribution in [0.4, 0.5) is 4.39 Å². The van der Waals surface area contributed by atoms with Crippen LogP contribution in [0.25, 0.3) is 0 Å². The number of thiophene rings is 1. The van der Waals surface area contributed by atoms with Crippen LogP contribution in [0.15, 0.2) is 41.8 Å². The zero-order valence-electron chi connectivity index (χ0n) is 8.31. The van der Waals surface area contributed by atoms with Crippen LogP contribution >= 0.6 is 27.3 Å². The Balaban J connectivity index is 2.19. The van der Waals surface area contributed by atoms with Gasteiger partial charge in [0.25, 0.3) is 0 Å². The Kier molecular flexibility index (Phi) is 3.74. The van der Waals surface area contributed by atoms with E-state index in [0.29, 0.717) is 0 Å². The molecule has 0 spiro atoms. The van der Waals surface area contributed by atoms with Crippen molar-refractivity contribution in [3.8, 4) is 0 Å². The van der Waals surface area contributed by atoms with Crippen LogP contribution in [0.3, 0.4) is 0 Å². The fraction of sp³-hybridized carbons (Fsp3) is 0.167. The standard InChI is InChI=1S/C12H10BrFOS/c13-11(8-3-5-9(14)6-4-8)12(15)10-2-1-7-16-10/h1-7,11-12,15H. The largest absolute Gasteiger partial charge is 0.386 e. The number of aliphatic hydroxyl groups excluding tert-OH is 1. The molecule has 1 aromatic heterocycles. The highest BCUT2D eigenvalue weighted by Crippen LogP contribution is 2.37. The summed E-state index contributed by atoms with van der Waals surface area (Å²) < 4.78 is 12.7. The topological polar surface area (TPSA) is 20.2 Å². The maximum Gasteiger partial charge on any atom is 0.123 e. The highest BCUT2D eigenvalue weighted by atomic mass is 79.9. The number of alkyl halides is 1. The van der Waals surface area contributed by atoms with Crippen LogP contribution in [0.5, 0.6) is 0 Å². The van der Waals surface area contributed by atoms with Crippen molar-refractivity contribution in [3.63, 3.8) is 0 Å². The molecule has 0 saturated heterocycles. The molecule has 0 radical (unpaired) electrons. The maximum absolute atomic E-state index is 12.7. The van der Waals surface area contributed by atoms with Gasteiger partial charge in [-0.1, -0.05) is 34.1 Å². The summed E-state index contributed by atoms with van der Waals surface area (Å²) in [5.74, 6) is -0.269. The Morgan fingerprint density at radius 2 is 1.88 bits per heavy atom. The van der Waals surface area contributed by atoms with Crippen molar-refractivity contribution in [2.24, 2.45) is 0 Å². The zero-order valence-corrected chi connectivity index (χ0v) is 10.7. The highest BCUT2D eigenvalue weighted by Gasteiger charge is 2.20. The van der Waals surface area contributed by atoms with Gasteiger partial charge in [-0.15, -0.1) is 11.3 Å². The van der Waals surface area contributed by atoms with E-state index in [1.54, 1.807) is 12.1 Å². The molecule has 4 heteroatoms. The molecule has 1 nitrogen and oxygen atoms in total. The minimum absolute atomic E-state index is 0.216. The molecule has 0 amide bonds. The highest BCUT2D eigenvalue weighted by molar-refractivity contribution is 9.09. The Morgan fingerprint density at radius 3 is 2.44 bits per heavy atom. The van der Waals surface area contributed by atoms with Gasteiger partial charge in [0.2, 0.25) is 0 Å². The van der Waals surface area contributed by atoms with E-state index in [0.717, 1.165) is 10.4 Å². The predicted octanol–water partition coefficient (Wildman–Crippen LogP) is 4.06. The second kappa shape index (κ2) is 5.08. The Bertz CT molecular complexity index is 441. The van der Waals surface area contributed by atoms with E-state index in [1.807, 2.05) is 17.5 Å². The van der Waals surface area contributed by atoms with Gasteiger partial charge >= 0.3 is 0 Å². The third-order valence-corrected chi connectivity index (χ3v) is 4.27. The Labute approximate surface area is 106 Å². The SMILES string of the molecule is OC(c1cccs1)C(Br)c1ccc(F)cc1. The van der Waals surface area contributed by atoms with Gasteiger partial charge in [0.1, 0.15) is 11.9 Å². The average molecular weight is 301 g/mol. The van der Waals surface area contributed by atoms with Crippen LogP contribution in [-0.2, 0) is 0 Å². The lowest BCUT2D eigenvalue weighted by atomic mass is 10.1. The summed E-state index contributed by atoms with van der Waals surface area (Å²) >= 11 is 4.93. The molecule has 0 aliphatic carbocycles. The van der Waals surface area contributed by atoms with Crippen LogP contribution < -0.4 is 0 Å². The van der Waals surface area contributed by atoms with Gasteiger partial charge in [0.05, 0.1) is 4.83 Å². The van der Waals surface area contributed by atoms with Crippen LogP contribution in [0.2, 0.25) is 0 Å². The number of benzene rings is 1. The second-order valence-corrected chi connectivity index (χ2v) is 5.38. The molecule has 2 aromatic rings. The molecule has 84 valence electrons. The zero-order chi connectivity index (χ0) is 11.5. The lowest BCUT2D eigenvalue weighted by Gasteiger charge is -2.16. The molecule has 0 bridgehead atoms. The molecule has 2 unspecified atom stereocenters. The monoisotopic (exact) mass is 300 g/mol. The van der Waals surface area contributed by atoms with Crippen molar-refractivity contribution < 1.29 is 9.50 Å². The van der Waals surface area contributed by atoms with Gasteiger partial charge in [0.15, 0.2) is 0 Å². The summed E-state index contributed by atoms with van der Waals surface area (Å²) in [6.07, 6.45) is -0.606. The van der Waals surface area contributed by atoms with Crippen LogP contribution in [-0.4, -0.2) is 5.11 Å². The van der Waals surface area contributed by atoms with E-state index in [-0.39, 0.29) is 10.6 Å². The average Bonchev–Trinajstić information content (AvgIpc) is 2.81. The third kappa shape index (κ3) is 2.51. The first-order chi connectivity index (χ1) is 7.68. The second-order valence-electron chi connectivity index (χ2n) is 3.41. The van der Waals surface area contributed by atoms with Crippen molar-refractivity contribution in [1.29, 1.82) is 0 Å². The quantitative estimate of drug-likeness (QED) is 0.848. The first kappa shape index (κ1) is 11.8. The van der Waals surface area contributed by atoms with Gasteiger partial charge in [-0.2, -0.15) is 0 Å². The summed E-state index contributed by atoms with van der Waals surface area (Å²) in [6.45, 7) is 0. The number of aliphatic hydroxyl groups is 1. The fourth-order valence-corrected chi connectivity index (χ4v) is 2.94. The molecular weight excluding hydrogens is 291 g/mol. The number of hydrogen-bond acceptors (Lipinski definition) is 2. The molecule has 1 aromatic carbocycles. The molecule has 0 aliphatic rings. The number of hydrogen-bond donors (Lipinski definition) is 1. The Hall–Kier alpha value is -0.710. The normalized spacial score (nSPS) is 14.7. The number of rotatable bonds is 3. The molecule has 0 fully saturated rings. The lowest BCUT2D eigenvalue weighted by molar-refractivity contribution is 0.181. The van der Waals surface area contributed by atoms with Crippen LogP contribution in [0, 0.1) is 5.82 Å². The molecule has 16 heavy (non-hydrogen) atoms. The first-order valence-corrected chi connectivity index (χ1v) is 6.59. The first-order valence-electron chi connectivity index (χ1n) is 4.79. The third-order valence-electron chi connectivity index (χ3n) is 2.30. The predicted molar refractivity (Wildman–Crippen MR) is 67.3 cm³/mol. The minimum Gasteiger partial charge on any atom is -0.386 e. The van der Waals surface area contributed by atoms with Gasteiger partial charge in [0, 0.05) is 4.88 Å². The Morgan fingerprint density at radius 1 is 1.19 bits per heavy atom. The summed E-state index contributed by atoms with van der Waals surface area (Å²) in [4.78, 5) is 0.679. The fourth-order valence-electron chi connectivity index (χ4n) is 1.43. The molecular formula is C12H10BrFOS. The van der Waals surface area contributed by atoms with Crippen LogP contribution in [0.1, 0.15) is 21.4 Å².